The maximum atomic E-state index is 12.5. The summed E-state index contributed by atoms with van der Waals surface area (Å²) in [6.45, 7) is 11.7. The molecule has 8 aromatic rings. The molecule has 6 amide bonds. The van der Waals surface area contributed by atoms with Crippen molar-refractivity contribution in [1.82, 2.24) is 65.0 Å². The maximum Gasteiger partial charge on any atom is 0.325 e. The lowest BCUT2D eigenvalue weighted by Crippen LogP contribution is -2.52. The number of rotatable bonds is 8. The topological polar surface area (TPSA) is 382 Å². The number of halogens is 6. The Labute approximate surface area is 670 Å². The molecule has 3 aromatic carbocycles. The van der Waals surface area contributed by atoms with Crippen LogP contribution < -0.4 is 10.6 Å². The molecule has 7 N–H and O–H groups in total. The summed E-state index contributed by atoms with van der Waals surface area (Å²) in [5.41, 5.74) is 7.17. The first-order valence-corrected chi connectivity index (χ1v) is 37.6. The Kier molecular flexibility index (Phi) is 33.2. The Morgan fingerprint density at radius 1 is 0.762 bits per heavy atom. The Morgan fingerprint density at radius 2 is 1.30 bits per heavy atom. The summed E-state index contributed by atoms with van der Waals surface area (Å²) >= 11 is 20.4. The number of hydrogen-bond acceptors (Lipinski definition) is 19. The van der Waals surface area contributed by atoms with E-state index in [1.54, 1.807) is 72.7 Å². The fraction of sp³-hybridized carbons (Fsp3) is 0.300. The molecule has 5 aliphatic heterocycles. The number of aliphatic hydroxyl groups excluding tert-OH is 2. The molecule has 5 aromatic heterocycles. The molecule has 2 unspecified atom stereocenters. The SMILES string of the molecule is C#CCO.C#Cc1sc2c(c1C)C(c1ccc(Cl)cc1)=N[C@@H](C)c1nnc(C)n1-2.CC(C)(C)OC(=O)CBr.Ic1cn[nH]c1.O=C(O)Cn1cc(I)cn1.O=C(O)Cn1cc(I)cn1.O=C1CCC(N2Cc3c(Br)cccc3C2=O)C(=O)N1.O=C1CCC(N2Cc3c(C#CCO)cccc3C2=O)C(=O)N1. The largest absolute Gasteiger partial charge is 0.480 e. The van der Waals surface area contributed by atoms with Gasteiger partial charge < -0.3 is 35.0 Å². The zero-order valence-corrected chi connectivity index (χ0v) is 68.1. The van der Waals surface area contributed by atoms with E-state index in [1.165, 1.54) is 19.2 Å². The molecule has 10 heterocycles. The molecular formula is C70H68Br2ClI3N14O14S. The second-order valence-electron chi connectivity index (χ2n) is 23.3. The molecule has 0 bridgehead atoms. The van der Waals surface area contributed by atoms with Crippen LogP contribution in [0.2, 0.25) is 5.02 Å². The van der Waals surface area contributed by atoms with Gasteiger partial charge in [-0.05, 0) is 175 Å². The van der Waals surface area contributed by atoms with Crippen LogP contribution in [0, 0.1) is 61.1 Å². The molecule has 35 heteroatoms. The van der Waals surface area contributed by atoms with Crippen LogP contribution in [0.4, 0.5) is 0 Å². The number of aromatic nitrogens is 9. The number of H-pyrrole nitrogens is 1. The summed E-state index contributed by atoms with van der Waals surface area (Å²) in [5, 5.41) is 62.1. The predicted octanol–water partition coefficient (Wildman–Crippen LogP) is 8.99. The van der Waals surface area contributed by atoms with E-state index in [4.69, 9.17) is 48.2 Å². The molecule has 2 fully saturated rings. The lowest BCUT2D eigenvalue weighted by molar-refractivity contribution is -0.151. The van der Waals surface area contributed by atoms with Crippen molar-refractivity contribution in [2.24, 2.45) is 4.99 Å². The number of nitrogens with one attached hydrogen (secondary N) is 3. The minimum atomic E-state index is -0.875. The average Bonchev–Trinajstić information content (AvgIpc) is 1.59. The molecule has 105 heavy (non-hydrogen) atoms. The third-order valence-corrected chi connectivity index (χ3v) is 19.0. The fourth-order valence-corrected chi connectivity index (χ4v) is 13.3. The number of piperidine rings is 2. The van der Waals surface area contributed by atoms with Gasteiger partial charge in [0.15, 0.2) is 5.82 Å². The number of aliphatic hydroxyl groups is 2. The number of aliphatic imine (C=N–C) groups is 1. The number of carbonyl (C=O) groups is 9. The van der Waals surface area contributed by atoms with Crippen molar-refractivity contribution in [3.63, 3.8) is 0 Å². The number of carboxylic acid groups (broad SMARTS) is 2. The Balaban J connectivity index is 0.000000199. The minimum absolute atomic E-state index is 0.0665. The maximum absolute atomic E-state index is 12.5. The third kappa shape index (κ3) is 24.8. The quantitative estimate of drug-likeness (QED) is 0.0245. The fourth-order valence-electron chi connectivity index (χ4n) is 10.2. The normalized spacial score (nSPS) is 15.6. The van der Waals surface area contributed by atoms with Gasteiger partial charge in [-0.3, -0.25) is 77.8 Å². The molecule has 2 saturated heterocycles. The summed E-state index contributed by atoms with van der Waals surface area (Å²) in [7, 11) is 0. The number of alkyl halides is 1. The first-order chi connectivity index (χ1) is 49.8. The number of aliphatic carboxylic acids is 2. The summed E-state index contributed by atoms with van der Waals surface area (Å²) in [6.07, 6.45) is 21.7. The number of esters is 1. The molecule has 3 atom stereocenters. The van der Waals surface area contributed by atoms with Crippen molar-refractivity contribution in [3.8, 4) is 41.5 Å². The number of benzene rings is 3. The van der Waals surface area contributed by atoms with Gasteiger partial charge in [0.05, 0.1) is 39.9 Å². The number of aryl methyl sites for hydroxylation is 1. The van der Waals surface area contributed by atoms with Gasteiger partial charge in [-0.1, -0.05) is 91.4 Å². The van der Waals surface area contributed by atoms with Crippen LogP contribution in [0.15, 0.2) is 107 Å². The van der Waals surface area contributed by atoms with Crippen LogP contribution >= 0.6 is 123 Å². The van der Waals surface area contributed by atoms with Crippen molar-refractivity contribution in [2.45, 2.75) is 117 Å². The number of carboxylic acids is 2. The lowest BCUT2D eigenvalue weighted by atomic mass is 9.99. The van der Waals surface area contributed by atoms with E-state index in [1.807, 2.05) is 84.0 Å². The van der Waals surface area contributed by atoms with Gasteiger partial charge in [0, 0.05) is 81.8 Å². The predicted molar refractivity (Wildman–Crippen MR) is 421 cm³/mol. The smallest absolute Gasteiger partial charge is 0.325 e. The first kappa shape index (κ1) is 85.4. The molecule has 0 radical (unpaired) electrons. The summed E-state index contributed by atoms with van der Waals surface area (Å²) in [5.74, 6) is 8.10. The number of fused-ring (bicyclic) bond motifs is 5. The Morgan fingerprint density at radius 3 is 1.71 bits per heavy atom. The molecule has 5 aliphatic rings. The number of imide groups is 2. The van der Waals surface area contributed by atoms with Crippen LogP contribution in [0.1, 0.15) is 130 Å². The number of aromatic amines is 1. The van der Waals surface area contributed by atoms with E-state index >= 15 is 0 Å². The second kappa shape index (κ2) is 40.8. The zero-order chi connectivity index (χ0) is 77.4. The van der Waals surface area contributed by atoms with Gasteiger partial charge in [0.2, 0.25) is 23.6 Å². The molecule has 0 saturated carbocycles. The van der Waals surface area contributed by atoms with E-state index < -0.39 is 29.9 Å². The number of nitrogens with zero attached hydrogens (tertiary/aromatic N) is 11. The number of amides is 6. The highest BCUT2D eigenvalue weighted by atomic mass is 127. The van der Waals surface area contributed by atoms with Crippen molar-refractivity contribution < 1.29 is 68.3 Å². The molecule has 0 aliphatic carbocycles. The van der Waals surface area contributed by atoms with Crippen molar-refractivity contribution >= 4 is 182 Å². The van der Waals surface area contributed by atoms with Gasteiger partial charge in [-0.15, -0.1) is 34.4 Å². The van der Waals surface area contributed by atoms with Crippen molar-refractivity contribution in [1.29, 1.82) is 0 Å². The standard InChI is InChI=1S/C19H15ClN4S.C16H14N2O4.C13H11BrN2O3.C6H11BrO2.2C5H5IN2O2.C3H3IN2.C3H4O/c1-5-15-10(2)16-17(13-6-8-14(20)9-7-13)21-11(3)18-23-22-12(4)24(18)19(16)25-15;19-8-2-4-10-3-1-5-11-12(10)9-18(16(11)22)13-6-7-14(20)17-15(13)21;14-9-3-1-2-7-8(9)6-16(13(7)19)10-4-5-11(17)15-12(10)18;1-6(2,3)9-5(8)4-7;2*6-4-1-7-8(2-4)3-5(9)10;4-3-1-5-6-2-3;1-2-3-4/h1,6-9,11H,2-4H3;1,3,5,13,19H,6-9H2,(H,17,20,21);1-3,10H,4-6H2,(H,15,17,18);4H2,1-3H3;2*1-2H,3H2,(H,9,10);1-2H,(H,5,6);1,4H,3H2/t11-;;;;;;;/m0......./s1. The van der Waals surface area contributed by atoms with E-state index in [2.05, 4.69) is 170 Å². The van der Waals surface area contributed by atoms with E-state index in [0.29, 0.717) is 41.1 Å². The number of ether oxygens (including phenoxy) is 1. The monoisotopic (exact) mass is 1930 g/mol. The van der Waals surface area contributed by atoms with Gasteiger partial charge in [0.25, 0.3) is 11.8 Å². The first-order valence-electron chi connectivity index (χ1n) is 31.2. The highest BCUT2D eigenvalue weighted by Gasteiger charge is 2.41. The molecule has 550 valence electrons. The number of thiophene rings is 1. The molecule has 0 spiro atoms. The molecule has 13 rings (SSSR count). The summed E-state index contributed by atoms with van der Waals surface area (Å²) in [4.78, 5) is 111. The van der Waals surface area contributed by atoms with Crippen LogP contribution in [0.25, 0.3) is 5.00 Å². The van der Waals surface area contributed by atoms with E-state index in [-0.39, 0.29) is 98.2 Å². The summed E-state index contributed by atoms with van der Waals surface area (Å²) in [6, 6.07) is 17.1. The molecular weight excluding hydrogens is 1870 g/mol. The van der Waals surface area contributed by atoms with Gasteiger partial charge in [-0.25, -0.2) is 0 Å². The number of hydrogen-bond donors (Lipinski definition) is 7. The zero-order valence-electron chi connectivity index (χ0n) is 56.9. The van der Waals surface area contributed by atoms with Gasteiger partial charge in [-0.2, -0.15) is 15.3 Å². The highest BCUT2D eigenvalue weighted by molar-refractivity contribution is 14.1. The van der Waals surface area contributed by atoms with Crippen LogP contribution in [0.3, 0.4) is 0 Å². The van der Waals surface area contributed by atoms with E-state index in [0.717, 1.165) is 70.2 Å². The summed E-state index contributed by atoms with van der Waals surface area (Å²) < 4.78 is 13.6. The van der Waals surface area contributed by atoms with Crippen LogP contribution in [0.5, 0.6) is 0 Å². The number of carbonyl (C=O) groups excluding carboxylic acids is 7. The Bertz CT molecular complexity index is 4630. The highest BCUT2D eigenvalue weighted by Crippen LogP contribution is 2.39. The van der Waals surface area contributed by atoms with E-state index in [9.17, 15) is 43.2 Å². The van der Waals surface area contributed by atoms with Crippen molar-refractivity contribution in [3.05, 3.63) is 179 Å². The number of terminal acetylenes is 2. The van der Waals surface area contributed by atoms with Crippen LogP contribution in [-0.2, 0) is 64.5 Å². The average molecular weight is 1940 g/mol. The minimum Gasteiger partial charge on any atom is -0.480 e. The second-order valence-corrected chi connectivity index (χ2v) is 29.9. The lowest BCUT2D eigenvalue weighted by Gasteiger charge is -2.29. The Hall–Kier alpha value is -8.53. The van der Waals surface area contributed by atoms with Crippen LogP contribution in [-0.4, -0.2) is 170 Å². The molecule has 28 nitrogen and oxygen atoms in total. The van der Waals surface area contributed by atoms with Crippen molar-refractivity contribution in [2.75, 3.05) is 18.5 Å². The van der Waals surface area contributed by atoms with Gasteiger partial charge >= 0.3 is 17.9 Å². The van der Waals surface area contributed by atoms with Gasteiger partial charge in [0.1, 0.15) is 66.2 Å². The third-order valence-electron chi connectivity index (χ3n) is 14.7.